The SMILES string of the molecule is CCCCN(CCCC)c1cccc[n+]1CC(C)(C)C.[Br-]. The number of pyridine rings is 1. The fourth-order valence-corrected chi connectivity index (χ4v) is 2.44. The fourth-order valence-electron chi connectivity index (χ4n) is 2.44. The van der Waals surface area contributed by atoms with Gasteiger partial charge in [-0.1, -0.05) is 53.5 Å². The third-order valence-electron chi connectivity index (χ3n) is 3.45. The van der Waals surface area contributed by atoms with Crippen LogP contribution in [0.1, 0.15) is 60.3 Å². The van der Waals surface area contributed by atoms with Gasteiger partial charge in [-0.15, -0.1) is 0 Å². The summed E-state index contributed by atoms with van der Waals surface area (Å²) in [5.41, 5.74) is 0.307. The van der Waals surface area contributed by atoms with E-state index in [1.54, 1.807) is 0 Å². The average Bonchev–Trinajstić information content (AvgIpc) is 2.38. The van der Waals surface area contributed by atoms with Gasteiger partial charge in [0.15, 0.2) is 0 Å². The third-order valence-corrected chi connectivity index (χ3v) is 3.45. The summed E-state index contributed by atoms with van der Waals surface area (Å²) in [6, 6.07) is 6.59. The fraction of sp³-hybridized carbons (Fsp3) is 0.722. The Morgan fingerprint density at radius 3 is 2.05 bits per heavy atom. The zero-order chi connectivity index (χ0) is 15.0. The first-order valence-electron chi connectivity index (χ1n) is 8.21. The van der Waals surface area contributed by atoms with Crippen LogP contribution >= 0.6 is 0 Å². The molecule has 0 saturated heterocycles. The van der Waals surface area contributed by atoms with Crippen LogP contribution in [0, 0.1) is 5.41 Å². The molecule has 2 nitrogen and oxygen atoms in total. The smallest absolute Gasteiger partial charge is 0.276 e. The minimum absolute atomic E-state index is 0. The molecule has 1 aromatic rings. The van der Waals surface area contributed by atoms with Gasteiger partial charge in [-0.05, 0) is 24.3 Å². The van der Waals surface area contributed by atoms with E-state index in [9.17, 15) is 0 Å². The third kappa shape index (κ3) is 7.85. The predicted molar refractivity (Wildman–Crippen MR) is 88.1 cm³/mol. The van der Waals surface area contributed by atoms with E-state index >= 15 is 0 Å². The highest BCUT2D eigenvalue weighted by Gasteiger charge is 2.22. The summed E-state index contributed by atoms with van der Waals surface area (Å²) in [6.07, 6.45) is 7.29. The van der Waals surface area contributed by atoms with Crippen LogP contribution in [-0.2, 0) is 6.54 Å². The molecule has 0 bridgehead atoms. The van der Waals surface area contributed by atoms with Gasteiger partial charge < -0.3 is 17.0 Å². The molecular weight excluding hydrogens is 324 g/mol. The van der Waals surface area contributed by atoms with Crippen LogP contribution < -0.4 is 26.4 Å². The van der Waals surface area contributed by atoms with Gasteiger partial charge in [-0.2, -0.15) is 0 Å². The molecule has 0 aromatic carbocycles. The van der Waals surface area contributed by atoms with Crippen molar-refractivity contribution in [1.29, 1.82) is 0 Å². The Morgan fingerprint density at radius 1 is 1.00 bits per heavy atom. The molecular formula is C18H33BrN2. The first-order chi connectivity index (χ1) is 9.48. The van der Waals surface area contributed by atoms with Crippen LogP contribution in [0.25, 0.3) is 0 Å². The van der Waals surface area contributed by atoms with Crippen molar-refractivity contribution in [2.24, 2.45) is 5.41 Å². The van der Waals surface area contributed by atoms with Crippen LogP contribution in [0.15, 0.2) is 24.4 Å². The van der Waals surface area contributed by atoms with E-state index in [2.05, 4.69) is 68.5 Å². The van der Waals surface area contributed by atoms with Crippen LogP contribution in [0.2, 0.25) is 0 Å². The van der Waals surface area contributed by atoms with Crippen molar-refractivity contribution in [3.63, 3.8) is 0 Å². The van der Waals surface area contributed by atoms with Crippen molar-refractivity contribution in [2.45, 2.75) is 66.8 Å². The van der Waals surface area contributed by atoms with Gasteiger partial charge in [0.1, 0.15) is 0 Å². The van der Waals surface area contributed by atoms with E-state index in [-0.39, 0.29) is 17.0 Å². The minimum Gasteiger partial charge on any atom is -1.00 e. The first-order valence-corrected chi connectivity index (χ1v) is 8.21. The van der Waals surface area contributed by atoms with Gasteiger partial charge in [0, 0.05) is 6.07 Å². The van der Waals surface area contributed by atoms with Crippen molar-refractivity contribution in [1.82, 2.24) is 0 Å². The number of anilines is 1. The van der Waals surface area contributed by atoms with Crippen LogP contribution in [0.4, 0.5) is 5.82 Å². The van der Waals surface area contributed by atoms with E-state index in [0.717, 1.165) is 6.54 Å². The normalized spacial score (nSPS) is 11.1. The van der Waals surface area contributed by atoms with Crippen molar-refractivity contribution in [3.05, 3.63) is 24.4 Å². The number of unbranched alkanes of at least 4 members (excludes halogenated alkanes) is 2. The molecule has 0 aliphatic heterocycles. The summed E-state index contributed by atoms with van der Waals surface area (Å²) in [5, 5.41) is 0. The molecule has 1 aromatic heterocycles. The van der Waals surface area contributed by atoms with Gasteiger partial charge in [0.2, 0.25) is 0 Å². The van der Waals surface area contributed by atoms with Crippen molar-refractivity contribution >= 4 is 5.82 Å². The van der Waals surface area contributed by atoms with E-state index < -0.39 is 0 Å². The number of hydrogen-bond acceptors (Lipinski definition) is 1. The highest BCUT2D eigenvalue weighted by Crippen LogP contribution is 2.16. The molecule has 0 aliphatic rings. The number of hydrogen-bond donors (Lipinski definition) is 0. The topological polar surface area (TPSA) is 7.12 Å². The van der Waals surface area contributed by atoms with E-state index in [4.69, 9.17) is 0 Å². The second kappa shape index (κ2) is 10.2. The Morgan fingerprint density at radius 2 is 1.57 bits per heavy atom. The first kappa shape index (κ1) is 20.4. The molecule has 122 valence electrons. The molecule has 0 spiro atoms. The maximum atomic E-state index is 2.57. The van der Waals surface area contributed by atoms with Gasteiger partial charge in [0.25, 0.3) is 5.82 Å². The summed E-state index contributed by atoms with van der Waals surface area (Å²) in [5.74, 6) is 1.38. The second-order valence-corrected chi connectivity index (χ2v) is 6.94. The zero-order valence-corrected chi connectivity index (χ0v) is 16.1. The Bertz CT molecular complexity index is 377. The van der Waals surface area contributed by atoms with Gasteiger partial charge in [0.05, 0.1) is 25.8 Å². The number of halogens is 1. The summed E-state index contributed by atoms with van der Waals surface area (Å²) < 4.78 is 2.42. The summed E-state index contributed by atoms with van der Waals surface area (Å²) >= 11 is 0. The highest BCUT2D eigenvalue weighted by molar-refractivity contribution is 5.32. The number of aromatic nitrogens is 1. The molecule has 3 heteroatoms. The Kier molecular flexibility index (Phi) is 9.93. The van der Waals surface area contributed by atoms with Gasteiger partial charge in [-0.3, -0.25) is 4.90 Å². The van der Waals surface area contributed by atoms with E-state index in [1.807, 2.05) is 0 Å². The monoisotopic (exact) mass is 356 g/mol. The predicted octanol–water partition coefficient (Wildman–Crippen LogP) is 1.43. The Balaban J connectivity index is 0.00000400. The van der Waals surface area contributed by atoms with Crippen molar-refractivity contribution in [3.8, 4) is 0 Å². The quantitative estimate of drug-likeness (QED) is 0.639. The Hall–Kier alpha value is -0.570. The molecule has 1 rings (SSSR count). The summed E-state index contributed by atoms with van der Waals surface area (Å²) in [7, 11) is 0. The highest BCUT2D eigenvalue weighted by atomic mass is 79.9. The summed E-state index contributed by atoms with van der Waals surface area (Å²) in [4.78, 5) is 2.57. The molecule has 0 fully saturated rings. The molecule has 0 aliphatic carbocycles. The molecule has 0 atom stereocenters. The molecule has 0 saturated carbocycles. The average molecular weight is 357 g/mol. The molecule has 0 N–H and O–H groups in total. The lowest BCUT2D eigenvalue weighted by atomic mass is 9.97. The number of nitrogens with zero attached hydrogens (tertiary/aromatic N) is 2. The van der Waals surface area contributed by atoms with Gasteiger partial charge >= 0.3 is 0 Å². The van der Waals surface area contributed by atoms with E-state index in [1.165, 1.54) is 44.6 Å². The molecule has 0 radical (unpaired) electrons. The minimum atomic E-state index is 0. The number of rotatable bonds is 8. The van der Waals surface area contributed by atoms with E-state index in [0.29, 0.717) is 5.41 Å². The lowest BCUT2D eigenvalue weighted by Gasteiger charge is -2.23. The summed E-state index contributed by atoms with van der Waals surface area (Å²) in [6.45, 7) is 14.9. The maximum Gasteiger partial charge on any atom is 0.276 e. The second-order valence-electron chi connectivity index (χ2n) is 6.94. The van der Waals surface area contributed by atoms with Crippen LogP contribution in [0.3, 0.4) is 0 Å². The molecule has 0 amide bonds. The molecule has 1 heterocycles. The van der Waals surface area contributed by atoms with Crippen molar-refractivity contribution in [2.75, 3.05) is 18.0 Å². The maximum absolute atomic E-state index is 2.57. The van der Waals surface area contributed by atoms with Crippen LogP contribution in [0.5, 0.6) is 0 Å². The largest absolute Gasteiger partial charge is 1.00 e. The lowest BCUT2D eigenvalue weighted by Crippen LogP contribution is -3.00. The zero-order valence-electron chi connectivity index (χ0n) is 14.5. The lowest BCUT2D eigenvalue weighted by molar-refractivity contribution is -0.696. The Labute approximate surface area is 142 Å². The van der Waals surface area contributed by atoms with Gasteiger partial charge in [-0.25, -0.2) is 4.57 Å². The van der Waals surface area contributed by atoms with Crippen molar-refractivity contribution < 1.29 is 21.5 Å². The molecule has 21 heavy (non-hydrogen) atoms. The molecule has 0 unspecified atom stereocenters. The van der Waals surface area contributed by atoms with Crippen LogP contribution in [-0.4, -0.2) is 13.1 Å². The standard InChI is InChI=1S/C18H33N2.BrH/c1-6-8-13-19(14-9-7-2)17-12-10-11-15-20(17)16-18(3,4)5;/h10-12,15H,6-9,13-14,16H2,1-5H3;1H/q+1;/p-1.